The molecular formula is C19H20N4S. The summed E-state index contributed by atoms with van der Waals surface area (Å²) in [6, 6.07) is 20.3. The molecule has 24 heavy (non-hydrogen) atoms. The summed E-state index contributed by atoms with van der Waals surface area (Å²) in [6.07, 6.45) is 3.58. The van der Waals surface area contributed by atoms with Crippen LogP contribution in [0.1, 0.15) is 5.56 Å². The van der Waals surface area contributed by atoms with E-state index in [2.05, 4.69) is 32.8 Å². The average Bonchev–Trinajstić information content (AvgIpc) is 2.62. The minimum absolute atomic E-state index is 0.723. The normalized spacial score (nSPS) is 10.4. The fraction of sp³-hybridized carbons (Fsp3) is 0.105. The van der Waals surface area contributed by atoms with Crippen LogP contribution in [0.5, 0.6) is 0 Å². The largest absolute Gasteiger partial charge is 0.397 e. The molecule has 4 nitrogen and oxygen atoms in total. The maximum absolute atomic E-state index is 6.21. The Hall–Kier alpha value is -2.66. The van der Waals surface area contributed by atoms with Gasteiger partial charge < -0.3 is 15.4 Å². The predicted molar refractivity (Wildman–Crippen MR) is 103 cm³/mol. The van der Waals surface area contributed by atoms with Gasteiger partial charge in [-0.2, -0.15) is 0 Å². The van der Waals surface area contributed by atoms with Gasteiger partial charge in [-0.15, -0.1) is 0 Å². The molecule has 0 radical (unpaired) electrons. The molecule has 122 valence electrons. The van der Waals surface area contributed by atoms with Gasteiger partial charge in [-0.3, -0.25) is 4.98 Å². The molecule has 0 aliphatic rings. The first kappa shape index (κ1) is 16.2. The number of hydrogen-bond acceptors (Lipinski definition) is 5. The zero-order valence-corrected chi connectivity index (χ0v) is 14.3. The van der Waals surface area contributed by atoms with E-state index in [0.717, 1.165) is 23.6 Å². The number of benzene rings is 2. The lowest BCUT2D eigenvalue weighted by Crippen LogP contribution is -2.08. The topological polar surface area (TPSA) is 54.2 Å². The van der Waals surface area contributed by atoms with E-state index < -0.39 is 0 Å². The zero-order chi connectivity index (χ0) is 16.8. The number of pyridine rings is 1. The van der Waals surface area contributed by atoms with Gasteiger partial charge >= 0.3 is 0 Å². The second kappa shape index (κ2) is 7.75. The third-order valence-corrected chi connectivity index (χ3v) is 4.58. The van der Waals surface area contributed by atoms with Crippen molar-refractivity contribution in [3.63, 3.8) is 0 Å². The van der Waals surface area contributed by atoms with E-state index in [9.17, 15) is 0 Å². The quantitative estimate of drug-likeness (QED) is 0.515. The van der Waals surface area contributed by atoms with Crippen LogP contribution in [-0.2, 0) is 6.54 Å². The summed E-state index contributed by atoms with van der Waals surface area (Å²) in [5, 5.41) is 3.37. The minimum Gasteiger partial charge on any atom is -0.397 e. The van der Waals surface area contributed by atoms with E-state index in [1.54, 1.807) is 24.3 Å². The third-order valence-electron chi connectivity index (χ3n) is 3.62. The van der Waals surface area contributed by atoms with Crippen molar-refractivity contribution < 1.29 is 0 Å². The maximum Gasteiger partial charge on any atom is 0.0578 e. The van der Waals surface area contributed by atoms with Gasteiger partial charge in [0.15, 0.2) is 0 Å². The van der Waals surface area contributed by atoms with Crippen LogP contribution in [0.15, 0.2) is 78.0 Å². The van der Waals surface area contributed by atoms with Crippen LogP contribution in [0.4, 0.5) is 17.1 Å². The SMILES string of the molecule is CN(Sc1ccccc1)c1ccc(NCc2ccncc2)c(N)c1. The van der Waals surface area contributed by atoms with E-state index in [-0.39, 0.29) is 0 Å². The Morgan fingerprint density at radius 2 is 1.79 bits per heavy atom. The molecule has 3 rings (SSSR count). The highest BCUT2D eigenvalue weighted by molar-refractivity contribution is 8.00. The average molecular weight is 336 g/mol. The molecule has 0 fully saturated rings. The van der Waals surface area contributed by atoms with Gasteiger partial charge in [-0.25, -0.2) is 0 Å². The lowest BCUT2D eigenvalue weighted by atomic mass is 10.2. The summed E-state index contributed by atoms with van der Waals surface area (Å²) in [5.74, 6) is 0. The minimum atomic E-state index is 0.723. The standard InChI is InChI=1S/C19H20N4S/c1-23(24-17-5-3-2-4-6-17)16-7-8-19(18(20)13-16)22-14-15-9-11-21-12-10-15/h2-13,22H,14,20H2,1H3. The number of hydrogen-bond donors (Lipinski definition) is 2. The van der Waals surface area contributed by atoms with Gasteiger partial charge in [0.2, 0.25) is 0 Å². The van der Waals surface area contributed by atoms with Crippen molar-refractivity contribution in [1.29, 1.82) is 0 Å². The number of nitrogens with two attached hydrogens (primary N) is 1. The Bertz CT molecular complexity index is 778. The van der Waals surface area contributed by atoms with Gasteiger partial charge in [0.05, 0.1) is 11.4 Å². The molecule has 3 N–H and O–H groups in total. The van der Waals surface area contributed by atoms with Crippen molar-refractivity contribution in [3.8, 4) is 0 Å². The lowest BCUT2D eigenvalue weighted by molar-refractivity contribution is 1.13. The number of nitrogen functional groups attached to an aromatic ring is 1. The molecule has 1 aromatic heterocycles. The Kier molecular flexibility index (Phi) is 5.23. The highest BCUT2D eigenvalue weighted by atomic mass is 32.2. The molecule has 0 spiro atoms. The Morgan fingerprint density at radius 3 is 2.50 bits per heavy atom. The smallest absolute Gasteiger partial charge is 0.0578 e. The van der Waals surface area contributed by atoms with Crippen LogP contribution in [0.3, 0.4) is 0 Å². The van der Waals surface area contributed by atoms with Gasteiger partial charge in [0, 0.05) is 36.6 Å². The Balaban J connectivity index is 1.65. The van der Waals surface area contributed by atoms with E-state index >= 15 is 0 Å². The van der Waals surface area contributed by atoms with Crippen LogP contribution < -0.4 is 15.4 Å². The van der Waals surface area contributed by atoms with Gasteiger partial charge in [0.25, 0.3) is 0 Å². The first-order chi connectivity index (χ1) is 11.7. The Labute approximate surface area is 146 Å². The molecule has 0 aliphatic heterocycles. The molecule has 0 atom stereocenters. The van der Waals surface area contributed by atoms with Crippen LogP contribution in [0.2, 0.25) is 0 Å². The van der Waals surface area contributed by atoms with Crippen molar-refractivity contribution >= 4 is 29.0 Å². The highest BCUT2D eigenvalue weighted by Gasteiger charge is 2.06. The second-order valence-corrected chi connectivity index (χ2v) is 6.58. The van der Waals surface area contributed by atoms with Crippen LogP contribution in [-0.4, -0.2) is 12.0 Å². The first-order valence-corrected chi connectivity index (χ1v) is 8.49. The fourth-order valence-electron chi connectivity index (χ4n) is 2.30. The van der Waals surface area contributed by atoms with E-state index in [4.69, 9.17) is 5.73 Å². The Morgan fingerprint density at radius 1 is 1.04 bits per heavy atom. The third kappa shape index (κ3) is 4.20. The zero-order valence-electron chi connectivity index (χ0n) is 13.5. The monoisotopic (exact) mass is 336 g/mol. The van der Waals surface area contributed by atoms with Crippen LogP contribution in [0.25, 0.3) is 0 Å². The molecule has 0 saturated heterocycles. The van der Waals surface area contributed by atoms with Crippen LogP contribution in [0, 0.1) is 0 Å². The van der Waals surface area contributed by atoms with E-state index in [0.29, 0.717) is 0 Å². The number of anilines is 3. The summed E-state index contributed by atoms with van der Waals surface area (Å²) in [5.41, 5.74) is 10.1. The van der Waals surface area contributed by atoms with Gasteiger partial charge in [-0.1, -0.05) is 18.2 Å². The molecule has 2 aromatic carbocycles. The van der Waals surface area contributed by atoms with Crippen molar-refractivity contribution in [3.05, 3.63) is 78.6 Å². The molecule has 5 heteroatoms. The second-order valence-electron chi connectivity index (χ2n) is 5.38. The molecule has 0 bridgehead atoms. The molecule has 1 heterocycles. The number of nitrogens with one attached hydrogen (secondary N) is 1. The van der Waals surface area contributed by atoms with Crippen molar-refractivity contribution in [2.24, 2.45) is 0 Å². The summed E-state index contributed by atoms with van der Waals surface area (Å²) >= 11 is 1.67. The summed E-state index contributed by atoms with van der Waals surface area (Å²) in [7, 11) is 2.04. The van der Waals surface area contributed by atoms with Gasteiger partial charge in [0.1, 0.15) is 0 Å². The molecule has 3 aromatic rings. The lowest BCUT2D eigenvalue weighted by Gasteiger charge is -2.19. The van der Waals surface area contributed by atoms with Crippen LogP contribution >= 0.6 is 11.9 Å². The van der Waals surface area contributed by atoms with Gasteiger partial charge in [-0.05, 0) is 60.0 Å². The molecule has 0 saturated carbocycles. The maximum atomic E-state index is 6.21. The molecule has 0 aliphatic carbocycles. The summed E-state index contributed by atoms with van der Waals surface area (Å²) in [6.45, 7) is 0.723. The molecule has 0 unspecified atom stereocenters. The van der Waals surface area contributed by atoms with Crippen molar-refractivity contribution in [1.82, 2.24) is 4.98 Å². The summed E-state index contributed by atoms with van der Waals surface area (Å²) < 4.78 is 2.11. The van der Waals surface area contributed by atoms with E-state index in [1.165, 1.54) is 10.5 Å². The van der Waals surface area contributed by atoms with E-state index in [1.807, 2.05) is 49.5 Å². The van der Waals surface area contributed by atoms with Crippen molar-refractivity contribution in [2.75, 3.05) is 22.4 Å². The molecule has 0 amide bonds. The predicted octanol–water partition coefficient (Wildman–Crippen LogP) is 4.42. The summed E-state index contributed by atoms with van der Waals surface area (Å²) in [4.78, 5) is 5.22. The number of nitrogens with zero attached hydrogens (tertiary/aromatic N) is 2. The fourth-order valence-corrected chi connectivity index (χ4v) is 3.11. The number of aromatic nitrogens is 1. The first-order valence-electron chi connectivity index (χ1n) is 7.71. The highest BCUT2D eigenvalue weighted by Crippen LogP contribution is 2.31. The van der Waals surface area contributed by atoms with Crippen molar-refractivity contribution in [2.45, 2.75) is 11.4 Å². The number of rotatable bonds is 6. The molecular weight excluding hydrogens is 316 g/mol.